The van der Waals surface area contributed by atoms with Crippen molar-refractivity contribution in [2.45, 2.75) is 0 Å². The number of furan rings is 1. The number of pyridine rings is 2. The third-order valence-electron chi connectivity index (χ3n) is 9.42. The summed E-state index contributed by atoms with van der Waals surface area (Å²) in [5.41, 5.74) is 11.7. The van der Waals surface area contributed by atoms with Gasteiger partial charge in [0.1, 0.15) is 5.58 Å². The number of fused-ring (bicyclic) bond motifs is 6. The molecule has 5 aromatic carbocycles. The Balaban J connectivity index is 1.04. The monoisotopic (exact) mass is 641 g/mol. The molecule has 10 aromatic rings. The highest BCUT2D eigenvalue weighted by Crippen LogP contribution is 2.35. The second kappa shape index (κ2) is 11.4. The van der Waals surface area contributed by atoms with Gasteiger partial charge in [-0.25, -0.2) is 15.0 Å². The highest BCUT2D eigenvalue weighted by atomic mass is 16.3. The molecule has 0 radical (unpaired) electrons. The van der Waals surface area contributed by atoms with E-state index in [1.807, 2.05) is 48.8 Å². The van der Waals surface area contributed by atoms with Crippen LogP contribution in [0.2, 0.25) is 0 Å². The Morgan fingerprint density at radius 3 is 1.96 bits per heavy atom. The summed E-state index contributed by atoms with van der Waals surface area (Å²) in [7, 11) is 0. The molecule has 0 saturated heterocycles. The molecule has 10 rings (SSSR count). The van der Waals surface area contributed by atoms with Crippen molar-refractivity contribution in [2.75, 3.05) is 0 Å². The van der Waals surface area contributed by atoms with E-state index in [9.17, 15) is 0 Å². The Hall–Kier alpha value is -6.92. The first-order valence-electron chi connectivity index (χ1n) is 16.5. The van der Waals surface area contributed by atoms with Gasteiger partial charge in [-0.3, -0.25) is 4.98 Å². The SMILES string of the molecule is c1ccc(-c2nc(-c3ccc(-c4ccc5oc6ncccc6c5c4)cc3)cc(-c3ccc(-n4c5ccccc5c5ccncc54)cc3)n2)cc1. The lowest BCUT2D eigenvalue weighted by atomic mass is 10.00. The topological polar surface area (TPSA) is 69.6 Å². The van der Waals surface area contributed by atoms with Crippen molar-refractivity contribution in [1.82, 2.24) is 24.5 Å². The molecule has 0 fully saturated rings. The van der Waals surface area contributed by atoms with Gasteiger partial charge in [-0.15, -0.1) is 0 Å². The van der Waals surface area contributed by atoms with Crippen LogP contribution < -0.4 is 0 Å². The van der Waals surface area contributed by atoms with E-state index in [-0.39, 0.29) is 0 Å². The summed E-state index contributed by atoms with van der Waals surface area (Å²) in [6, 6.07) is 50.2. The minimum Gasteiger partial charge on any atom is -0.438 e. The fraction of sp³-hybridized carbons (Fsp3) is 0. The van der Waals surface area contributed by atoms with Gasteiger partial charge in [0.15, 0.2) is 5.82 Å². The number of benzene rings is 5. The standard InChI is InChI=1S/C44H27N5O/c1-2-7-31(8-3-1)43-47-38(29-14-12-28(13-15-29)32-18-21-42-37(25-32)36-10-6-23-46-44(36)50-42)26-39(48-43)30-16-19-33(20-17-30)49-40-11-5-4-9-34(40)35-22-24-45-27-41(35)49/h1-27H. The zero-order chi connectivity index (χ0) is 33.0. The van der Waals surface area contributed by atoms with E-state index in [4.69, 9.17) is 14.4 Å². The molecule has 5 heterocycles. The average molecular weight is 642 g/mol. The molecule has 0 bridgehead atoms. The first-order valence-corrected chi connectivity index (χ1v) is 16.5. The van der Waals surface area contributed by atoms with E-state index in [0.29, 0.717) is 11.5 Å². The van der Waals surface area contributed by atoms with Crippen LogP contribution >= 0.6 is 0 Å². The normalized spacial score (nSPS) is 11.6. The summed E-state index contributed by atoms with van der Waals surface area (Å²) in [5, 5.41) is 4.47. The maximum absolute atomic E-state index is 5.95. The fourth-order valence-electron chi connectivity index (χ4n) is 6.96. The Labute approximate surface area is 287 Å². The highest BCUT2D eigenvalue weighted by Gasteiger charge is 2.15. The maximum Gasteiger partial charge on any atom is 0.227 e. The molecule has 0 aliphatic rings. The quantitative estimate of drug-likeness (QED) is 0.187. The minimum absolute atomic E-state index is 0.655. The van der Waals surface area contributed by atoms with Crippen LogP contribution in [0.3, 0.4) is 0 Å². The van der Waals surface area contributed by atoms with Gasteiger partial charge in [-0.05, 0) is 65.7 Å². The van der Waals surface area contributed by atoms with Crippen molar-refractivity contribution in [3.05, 3.63) is 164 Å². The van der Waals surface area contributed by atoms with E-state index in [1.165, 1.54) is 10.8 Å². The van der Waals surface area contributed by atoms with Crippen molar-refractivity contribution in [3.63, 3.8) is 0 Å². The largest absolute Gasteiger partial charge is 0.438 e. The zero-order valence-electron chi connectivity index (χ0n) is 26.7. The summed E-state index contributed by atoms with van der Waals surface area (Å²) in [4.78, 5) is 18.9. The minimum atomic E-state index is 0.655. The highest BCUT2D eigenvalue weighted by molar-refractivity contribution is 6.09. The van der Waals surface area contributed by atoms with Gasteiger partial charge in [-0.1, -0.05) is 91.0 Å². The van der Waals surface area contributed by atoms with Crippen LogP contribution in [0, 0.1) is 0 Å². The van der Waals surface area contributed by atoms with Crippen LogP contribution in [0.1, 0.15) is 0 Å². The Morgan fingerprint density at radius 1 is 0.460 bits per heavy atom. The molecule has 0 N–H and O–H groups in total. The first-order chi connectivity index (χ1) is 24.8. The van der Waals surface area contributed by atoms with Crippen molar-refractivity contribution in [1.29, 1.82) is 0 Å². The van der Waals surface area contributed by atoms with E-state index in [2.05, 4.69) is 124 Å². The van der Waals surface area contributed by atoms with Crippen LogP contribution in [0.4, 0.5) is 0 Å². The number of para-hydroxylation sites is 1. The molecular weight excluding hydrogens is 615 g/mol. The van der Waals surface area contributed by atoms with Gasteiger partial charge in [0.05, 0.1) is 28.6 Å². The zero-order valence-corrected chi connectivity index (χ0v) is 26.7. The lowest BCUT2D eigenvalue weighted by molar-refractivity contribution is 0.654. The molecule has 0 atom stereocenters. The summed E-state index contributed by atoms with van der Waals surface area (Å²) < 4.78 is 8.22. The van der Waals surface area contributed by atoms with Crippen LogP contribution in [0.25, 0.3) is 94.6 Å². The lowest BCUT2D eigenvalue weighted by Crippen LogP contribution is -1.97. The van der Waals surface area contributed by atoms with Crippen molar-refractivity contribution >= 4 is 43.9 Å². The molecule has 0 aliphatic heterocycles. The predicted octanol–water partition coefficient (Wildman–Crippen LogP) is 10.9. The molecule has 6 heteroatoms. The van der Waals surface area contributed by atoms with Gasteiger partial charge in [0, 0.05) is 56.3 Å². The number of nitrogens with zero attached hydrogens (tertiary/aromatic N) is 5. The first kappa shape index (κ1) is 28.1. The van der Waals surface area contributed by atoms with Crippen LogP contribution in [-0.2, 0) is 0 Å². The summed E-state index contributed by atoms with van der Waals surface area (Å²) in [6.07, 6.45) is 5.55. The molecule has 6 nitrogen and oxygen atoms in total. The third-order valence-corrected chi connectivity index (χ3v) is 9.42. The second-order valence-corrected chi connectivity index (χ2v) is 12.4. The van der Waals surface area contributed by atoms with Crippen LogP contribution in [-0.4, -0.2) is 24.5 Å². The van der Waals surface area contributed by atoms with Gasteiger partial charge in [-0.2, -0.15) is 0 Å². The molecule has 0 unspecified atom stereocenters. The Morgan fingerprint density at radius 2 is 1.14 bits per heavy atom. The van der Waals surface area contributed by atoms with Crippen molar-refractivity contribution in [2.24, 2.45) is 0 Å². The van der Waals surface area contributed by atoms with Crippen LogP contribution in [0.5, 0.6) is 0 Å². The molecule has 0 saturated carbocycles. The number of rotatable bonds is 5. The number of hydrogen-bond donors (Lipinski definition) is 0. The smallest absolute Gasteiger partial charge is 0.227 e. The van der Waals surface area contributed by atoms with Gasteiger partial charge in [0.25, 0.3) is 0 Å². The van der Waals surface area contributed by atoms with Gasteiger partial charge >= 0.3 is 0 Å². The summed E-state index contributed by atoms with van der Waals surface area (Å²) in [6.45, 7) is 0. The Bertz CT molecular complexity index is 2800. The molecular formula is C44H27N5O. The summed E-state index contributed by atoms with van der Waals surface area (Å²) in [5.74, 6) is 0.686. The van der Waals surface area contributed by atoms with Gasteiger partial charge in [0.2, 0.25) is 5.71 Å². The van der Waals surface area contributed by atoms with Crippen molar-refractivity contribution < 1.29 is 4.42 Å². The van der Waals surface area contributed by atoms with Crippen molar-refractivity contribution in [3.8, 4) is 50.7 Å². The molecule has 50 heavy (non-hydrogen) atoms. The third kappa shape index (κ3) is 4.65. The van der Waals surface area contributed by atoms with E-state index in [1.54, 1.807) is 6.20 Å². The van der Waals surface area contributed by atoms with Gasteiger partial charge < -0.3 is 8.98 Å². The lowest BCUT2D eigenvalue weighted by Gasteiger charge is -2.12. The molecule has 0 aliphatic carbocycles. The molecule has 5 aromatic heterocycles. The average Bonchev–Trinajstić information content (AvgIpc) is 3.74. The second-order valence-electron chi connectivity index (χ2n) is 12.4. The molecule has 0 amide bonds. The molecule has 234 valence electrons. The molecule has 0 spiro atoms. The predicted molar refractivity (Wildman–Crippen MR) is 201 cm³/mol. The summed E-state index contributed by atoms with van der Waals surface area (Å²) >= 11 is 0. The van der Waals surface area contributed by atoms with Crippen LogP contribution in [0.15, 0.2) is 169 Å². The fourth-order valence-corrected chi connectivity index (χ4v) is 6.96. The Kier molecular flexibility index (Phi) is 6.39. The number of hydrogen-bond acceptors (Lipinski definition) is 5. The van der Waals surface area contributed by atoms with E-state index < -0.39 is 0 Å². The maximum atomic E-state index is 5.95. The number of aromatic nitrogens is 5. The van der Waals surface area contributed by atoms with E-state index in [0.717, 1.165) is 72.3 Å². The van der Waals surface area contributed by atoms with E-state index >= 15 is 0 Å².